The summed E-state index contributed by atoms with van der Waals surface area (Å²) in [7, 11) is -3.77. The summed E-state index contributed by atoms with van der Waals surface area (Å²) in [6, 6.07) is 9.35. The van der Waals surface area contributed by atoms with Crippen LogP contribution in [-0.2, 0) is 10.0 Å². The Morgan fingerprint density at radius 1 is 1.18 bits per heavy atom. The van der Waals surface area contributed by atoms with Crippen LogP contribution in [0.5, 0.6) is 0 Å². The topological polar surface area (TPSA) is 92.2 Å². The minimum Gasteiger partial charge on any atom is -0.408 e. The van der Waals surface area contributed by atoms with E-state index in [4.69, 9.17) is 4.42 Å². The predicted molar refractivity (Wildman–Crippen MR) is 86.5 cm³/mol. The van der Waals surface area contributed by atoms with Gasteiger partial charge in [-0.2, -0.15) is 0 Å². The van der Waals surface area contributed by atoms with Gasteiger partial charge in [-0.05, 0) is 36.8 Å². The van der Waals surface area contributed by atoms with Crippen molar-refractivity contribution in [1.82, 2.24) is 4.98 Å². The molecular formula is C14H11BrN2O4S. The minimum absolute atomic E-state index is 0.0134. The molecule has 0 saturated heterocycles. The Hall–Kier alpha value is -2.06. The van der Waals surface area contributed by atoms with Gasteiger partial charge in [-0.1, -0.05) is 22.0 Å². The summed E-state index contributed by atoms with van der Waals surface area (Å²) in [5.74, 6) is -0.625. The molecule has 1 aromatic heterocycles. The van der Waals surface area contributed by atoms with E-state index < -0.39 is 15.8 Å². The highest BCUT2D eigenvalue weighted by atomic mass is 79.9. The van der Waals surface area contributed by atoms with Crippen molar-refractivity contribution in [2.24, 2.45) is 0 Å². The third-order valence-electron chi connectivity index (χ3n) is 3.13. The number of benzene rings is 2. The molecule has 1 heterocycles. The monoisotopic (exact) mass is 382 g/mol. The Kier molecular flexibility index (Phi) is 3.57. The van der Waals surface area contributed by atoms with E-state index in [1.807, 2.05) is 6.92 Å². The molecule has 0 saturated carbocycles. The highest BCUT2D eigenvalue weighted by Crippen LogP contribution is 2.24. The number of rotatable bonds is 3. The molecule has 0 amide bonds. The second-order valence-electron chi connectivity index (χ2n) is 4.74. The van der Waals surface area contributed by atoms with Crippen molar-refractivity contribution in [3.8, 4) is 0 Å². The van der Waals surface area contributed by atoms with Crippen LogP contribution in [0.25, 0.3) is 11.1 Å². The molecule has 3 aromatic rings. The zero-order valence-corrected chi connectivity index (χ0v) is 13.8. The van der Waals surface area contributed by atoms with Crippen LogP contribution < -0.4 is 10.5 Å². The SMILES string of the molecule is Cc1ccc(NS(=O)(=O)c2ccc3[nH]c(=O)oc3c2)cc1Br. The summed E-state index contributed by atoms with van der Waals surface area (Å²) in [6.45, 7) is 1.91. The fourth-order valence-corrected chi connectivity index (χ4v) is 3.41. The molecular weight excluding hydrogens is 372 g/mol. The molecule has 2 N–H and O–H groups in total. The van der Waals surface area contributed by atoms with Crippen LogP contribution in [0.4, 0.5) is 5.69 Å². The summed E-state index contributed by atoms with van der Waals surface area (Å²) in [5, 5.41) is 0. The maximum Gasteiger partial charge on any atom is 0.417 e. The van der Waals surface area contributed by atoms with Crippen molar-refractivity contribution in [2.45, 2.75) is 11.8 Å². The zero-order chi connectivity index (χ0) is 15.9. The number of halogens is 1. The van der Waals surface area contributed by atoms with Crippen LogP contribution >= 0.6 is 15.9 Å². The highest BCUT2D eigenvalue weighted by Gasteiger charge is 2.16. The summed E-state index contributed by atoms with van der Waals surface area (Å²) in [6.07, 6.45) is 0. The number of nitrogens with one attached hydrogen (secondary N) is 2. The van der Waals surface area contributed by atoms with E-state index in [0.29, 0.717) is 11.2 Å². The summed E-state index contributed by atoms with van der Waals surface area (Å²) in [5.41, 5.74) is 2.08. The van der Waals surface area contributed by atoms with Gasteiger partial charge >= 0.3 is 5.76 Å². The van der Waals surface area contributed by atoms with Crippen LogP contribution in [-0.4, -0.2) is 13.4 Å². The Balaban J connectivity index is 1.99. The lowest BCUT2D eigenvalue weighted by atomic mass is 10.2. The van der Waals surface area contributed by atoms with Crippen molar-refractivity contribution in [3.05, 3.63) is 57.0 Å². The van der Waals surface area contributed by atoms with Crippen molar-refractivity contribution in [2.75, 3.05) is 4.72 Å². The van der Waals surface area contributed by atoms with E-state index in [0.717, 1.165) is 10.0 Å². The largest absolute Gasteiger partial charge is 0.417 e. The van der Waals surface area contributed by atoms with Crippen LogP contribution in [0.3, 0.4) is 0 Å². The van der Waals surface area contributed by atoms with E-state index in [-0.39, 0.29) is 10.5 Å². The average molecular weight is 383 g/mol. The number of H-pyrrole nitrogens is 1. The van der Waals surface area contributed by atoms with Gasteiger partial charge in [-0.25, -0.2) is 13.2 Å². The molecule has 0 atom stereocenters. The number of hydrogen-bond donors (Lipinski definition) is 2. The summed E-state index contributed by atoms with van der Waals surface area (Å²) >= 11 is 3.36. The lowest BCUT2D eigenvalue weighted by Gasteiger charge is -2.09. The van der Waals surface area contributed by atoms with Crippen molar-refractivity contribution >= 4 is 42.7 Å². The number of aromatic amines is 1. The normalized spacial score (nSPS) is 11.7. The fraction of sp³-hybridized carbons (Fsp3) is 0.0714. The third kappa shape index (κ3) is 2.79. The first-order valence-electron chi connectivity index (χ1n) is 6.27. The van der Waals surface area contributed by atoms with Gasteiger partial charge in [-0.15, -0.1) is 0 Å². The molecule has 0 aliphatic heterocycles. The van der Waals surface area contributed by atoms with E-state index >= 15 is 0 Å². The number of sulfonamides is 1. The number of aryl methyl sites for hydroxylation is 1. The maximum absolute atomic E-state index is 12.4. The Bertz CT molecular complexity index is 1020. The molecule has 0 spiro atoms. The van der Waals surface area contributed by atoms with Crippen molar-refractivity contribution < 1.29 is 12.8 Å². The molecule has 0 fully saturated rings. The average Bonchev–Trinajstić information content (AvgIpc) is 2.81. The van der Waals surface area contributed by atoms with Crippen molar-refractivity contribution in [3.63, 3.8) is 0 Å². The molecule has 0 unspecified atom stereocenters. The van der Waals surface area contributed by atoms with Crippen LogP contribution in [0.1, 0.15) is 5.56 Å². The smallest absolute Gasteiger partial charge is 0.408 e. The van der Waals surface area contributed by atoms with E-state index in [2.05, 4.69) is 25.6 Å². The highest BCUT2D eigenvalue weighted by molar-refractivity contribution is 9.10. The number of aromatic nitrogens is 1. The van der Waals surface area contributed by atoms with E-state index in [9.17, 15) is 13.2 Å². The van der Waals surface area contributed by atoms with Gasteiger partial charge in [0, 0.05) is 16.2 Å². The molecule has 2 aromatic carbocycles. The van der Waals surface area contributed by atoms with Gasteiger partial charge in [-0.3, -0.25) is 9.71 Å². The number of fused-ring (bicyclic) bond motifs is 1. The van der Waals surface area contributed by atoms with E-state index in [1.165, 1.54) is 18.2 Å². The molecule has 22 heavy (non-hydrogen) atoms. The molecule has 114 valence electrons. The Morgan fingerprint density at radius 3 is 2.68 bits per heavy atom. The number of hydrogen-bond acceptors (Lipinski definition) is 4. The Morgan fingerprint density at radius 2 is 1.95 bits per heavy atom. The molecule has 0 aliphatic rings. The Labute approximate surface area is 134 Å². The third-order valence-corrected chi connectivity index (χ3v) is 5.36. The maximum atomic E-state index is 12.4. The minimum atomic E-state index is -3.77. The van der Waals surface area contributed by atoms with Gasteiger partial charge in [0.1, 0.15) is 0 Å². The predicted octanol–water partition coefficient (Wildman–Crippen LogP) is 2.99. The zero-order valence-electron chi connectivity index (χ0n) is 11.4. The van der Waals surface area contributed by atoms with Gasteiger partial charge in [0.15, 0.2) is 5.58 Å². The second kappa shape index (κ2) is 5.29. The van der Waals surface area contributed by atoms with Gasteiger partial charge < -0.3 is 4.42 Å². The lowest BCUT2D eigenvalue weighted by molar-refractivity contribution is 0.554. The molecule has 6 nitrogen and oxygen atoms in total. The molecule has 0 radical (unpaired) electrons. The first-order valence-corrected chi connectivity index (χ1v) is 8.55. The lowest BCUT2D eigenvalue weighted by Crippen LogP contribution is -2.12. The van der Waals surface area contributed by atoms with Crippen LogP contribution in [0.2, 0.25) is 0 Å². The number of oxazole rings is 1. The number of anilines is 1. The molecule has 3 rings (SSSR count). The van der Waals surface area contributed by atoms with E-state index in [1.54, 1.807) is 18.2 Å². The molecule has 0 bridgehead atoms. The van der Waals surface area contributed by atoms with Crippen LogP contribution in [0.15, 0.2) is 55.0 Å². The molecule has 8 heteroatoms. The first-order chi connectivity index (χ1) is 10.3. The van der Waals surface area contributed by atoms with Crippen molar-refractivity contribution in [1.29, 1.82) is 0 Å². The van der Waals surface area contributed by atoms with Gasteiger partial charge in [0.25, 0.3) is 10.0 Å². The summed E-state index contributed by atoms with van der Waals surface area (Å²) < 4.78 is 33.0. The standard InChI is InChI=1S/C14H11BrN2O4S/c1-8-2-3-9(6-11(8)15)17-22(19,20)10-4-5-12-13(7-10)21-14(18)16-12/h2-7,17H,1H3,(H,16,18). The first kappa shape index (κ1) is 14.9. The fourth-order valence-electron chi connectivity index (χ4n) is 1.96. The molecule has 0 aliphatic carbocycles. The van der Waals surface area contributed by atoms with Gasteiger partial charge in [0.2, 0.25) is 0 Å². The second-order valence-corrected chi connectivity index (χ2v) is 7.28. The summed E-state index contributed by atoms with van der Waals surface area (Å²) in [4.78, 5) is 13.6. The quantitative estimate of drug-likeness (QED) is 0.727. The van der Waals surface area contributed by atoms with Crippen LogP contribution in [0, 0.1) is 6.92 Å². The van der Waals surface area contributed by atoms with Gasteiger partial charge in [0.05, 0.1) is 10.4 Å².